The van der Waals surface area contributed by atoms with Crippen molar-refractivity contribution in [3.05, 3.63) is 35.6 Å². The van der Waals surface area contributed by atoms with Crippen molar-refractivity contribution in [2.45, 2.75) is 44.3 Å². The van der Waals surface area contributed by atoms with Gasteiger partial charge in [-0.25, -0.2) is 4.39 Å². The van der Waals surface area contributed by atoms with E-state index in [2.05, 4.69) is 0 Å². The second-order valence-electron chi connectivity index (χ2n) is 5.10. The zero-order chi connectivity index (χ0) is 13.0. The molecule has 1 N–H and O–H groups in total. The molecule has 2 rings (SSSR count). The summed E-state index contributed by atoms with van der Waals surface area (Å²) in [7, 11) is 1.63. The standard InChI is InChI=1S/C15H21FO2/c1-18-15(11-6-3-2-4-7-11)14(17)12-8-5-9-13(16)10-12/h5,8-11,14-15,17H,2-4,6-7H2,1H3. The molecular weight excluding hydrogens is 231 g/mol. The van der Waals surface area contributed by atoms with Crippen LogP contribution in [0.25, 0.3) is 0 Å². The fourth-order valence-electron chi connectivity index (χ4n) is 2.92. The number of benzene rings is 1. The van der Waals surface area contributed by atoms with Crippen LogP contribution >= 0.6 is 0 Å². The third-order valence-corrected chi connectivity index (χ3v) is 3.89. The van der Waals surface area contributed by atoms with Crippen molar-refractivity contribution in [1.82, 2.24) is 0 Å². The Balaban J connectivity index is 2.11. The van der Waals surface area contributed by atoms with Gasteiger partial charge in [-0.2, -0.15) is 0 Å². The predicted octanol–water partition coefficient (Wildman–Crippen LogP) is 3.45. The molecule has 0 spiro atoms. The summed E-state index contributed by atoms with van der Waals surface area (Å²) in [6, 6.07) is 6.15. The van der Waals surface area contributed by atoms with Crippen LogP contribution in [0, 0.1) is 11.7 Å². The second kappa shape index (κ2) is 6.30. The lowest BCUT2D eigenvalue weighted by molar-refractivity contribution is -0.0560. The largest absolute Gasteiger partial charge is 0.386 e. The van der Waals surface area contributed by atoms with Gasteiger partial charge in [-0.1, -0.05) is 31.4 Å². The van der Waals surface area contributed by atoms with Crippen molar-refractivity contribution in [1.29, 1.82) is 0 Å². The van der Waals surface area contributed by atoms with Gasteiger partial charge in [0.05, 0.1) is 6.10 Å². The highest BCUT2D eigenvalue weighted by Crippen LogP contribution is 2.34. The molecule has 0 heterocycles. The minimum absolute atomic E-state index is 0.230. The number of hydrogen-bond acceptors (Lipinski definition) is 2. The van der Waals surface area contributed by atoms with Crippen molar-refractivity contribution in [3.8, 4) is 0 Å². The Hall–Kier alpha value is -0.930. The molecule has 1 aromatic rings. The molecule has 100 valence electrons. The number of ether oxygens (including phenoxy) is 1. The maximum absolute atomic E-state index is 13.2. The first-order valence-corrected chi connectivity index (χ1v) is 6.68. The summed E-state index contributed by atoms with van der Waals surface area (Å²) >= 11 is 0. The van der Waals surface area contributed by atoms with Crippen LogP contribution in [0.15, 0.2) is 24.3 Å². The first-order valence-electron chi connectivity index (χ1n) is 6.68. The maximum atomic E-state index is 13.2. The molecule has 0 aliphatic heterocycles. The molecule has 0 saturated heterocycles. The smallest absolute Gasteiger partial charge is 0.123 e. The van der Waals surface area contributed by atoms with Crippen LogP contribution in [0.3, 0.4) is 0 Å². The van der Waals surface area contributed by atoms with E-state index in [0.717, 1.165) is 12.8 Å². The summed E-state index contributed by atoms with van der Waals surface area (Å²) in [5, 5.41) is 10.4. The van der Waals surface area contributed by atoms with Crippen LogP contribution in [0.1, 0.15) is 43.8 Å². The summed E-state index contributed by atoms with van der Waals surface area (Å²) in [6.07, 6.45) is 4.86. The molecule has 2 unspecified atom stereocenters. The lowest BCUT2D eigenvalue weighted by atomic mass is 9.82. The van der Waals surface area contributed by atoms with Gasteiger partial charge in [0.1, 0.15) is 11.9 Å². The Morgan fingerprint density at radius 3 is 2.61 bits per heavy atom. The highest BCUT2D eigenvalue weighted by molar-refractivity contribution is 5.20. The van der Waals surface area contributed by atoms with Gasteiger partial charge in [0.15, 0.2) is 0 Å². The van der Waals surface area contributed by atoms with Gasteiger partial charge >= 0.3 is 0 Å². The molecule has 0 amide bonds. The van der Waals surface area contributed by atoms with Gasteiger partial charge in [0.2, 0.25) is 0 Å². The highest BCUT2D eigenvalue weighted by Gasteiger charge is 2.30. The van der Waals surface area contributed by atoms with Crippen molar-refractivity contribution >= 4 is 0 Å². The summed E-state index contributed by atoms with van der Waals surface area (Å²) in [5.74, 6) is 0.0621. The van der Waals surface area contributed by atoms with Crippen LogP contribution in [0.5, 0.6) is 0 Å². The molecule has 0 radical (unpaired) electrons. The minimum Gasteiger partial charge on any atom is -0.386 e. The van der Waals surface area contributed by atoms with Gasteiger partial charge < -0.3 is 9.84 Å². The highest BCUT2D eigenvalue weighted by atomic mass is 19.1. The van der Waals surface area contributed by atoms with Crippen molar-refractivity contribution in [2.75, 3.05) is 7.11 Å². The number of halogens is 1. The number of rotatable bonds is 4. The molecular formula is C15H21FO2. The van der Waals surface area contributed by atoms with Gasteiger partial charge in [0, 0.05) is 7.11 Å². The summed E-state index contributed by atoms with van der Waals surface area (Å²) in [6.45, 7) is 0. The van der Waals surface area contributed by atoms with Gasteiger partial charge in [-0.15, -0.1) is 0 Å². The third-order valence-electron chi connectivity index (χ3n) is 3.89. The van der Waals surface area contributed by atoms with Crippen LogP contribution in [-0.2, 0) is 4.74 Å². The number of methoxy groups -OCH3 is 1. The number of aliphatic hydroxyl groups excluding tert-OH is 1. The SMILES string of the molecule is COC(C1CCCCC1)C(O)c1cccc(F)c1. The molecule has 1 aliphatic rings. The second-order valence-corrected chi connectivity index (χ2v) is 5.10. The molecule has 2 nitrogen and oxygen atoms in total. The Bertz CT molecular complexity index is 375. The number of aliphatic hydroxyl groups is 1. The molecule has 3 heteroatoms. The Morgan fingerprint density at radius 1 is 1.28 bits per heavy atom. The average Bonchev–Trinajstić information content (AvgIpc) is 2.41. The quantitative estimate of drug-likeness (QED) is 0.889. The Labute approximate surface area is 108 Å². The van der Waals surface area contributed by atoms with Crippen molar-refractivity contribution < 1.29 is 14.2 Å². The minimum atomic E-state index is -0.742. The molecule has 0 aromatic heterocycles. The maximum Gasteiger partial charge on any atom is 0.123 e. The zero-order valence-electron chi connectivity index (χ0n) is 10.8. The van der Waals surface area contributed by atoms with Gasteiger partial charge in [-0.05, 0) is 36.5 Å². The van der Waals surface area contributed by atoms with E-state index in [4.69, 9.17) is 4.74 Å². The molecule has 1 aliphatic carbocycles. The van der Waals surface area contributed by atoms with Crippen molar-refractivity contribution in [2.24, 2.45) is 5.92 Å². The summed E-state index contributed by atoms with van der Waals surface area (Å²) < 4.78 is 18.7. The van der Waals surface area contributed by atoms with E-state index in [1.54, 1.807) is 19.2 Å². The molecule has 1 saturated carbocycles. The van der Waals surface area contributed by atoms with E-state index >= 15 is 0 Å². The van der Waals surface area contributed by atoms with E-state index in [0.29, 0.717) is 11.5 Å². The van der Waals surface area contributed by atoms with Gasteiger partial charge in [0.25, 0.3) is 0 Å². The van der Waals surface area contributed by atoms with Crippen LogP contribution < -0.4 is 0 Å². The molecule has 2 atom stereocenters. The lowest BCUT2D eigenvalue weighted by Gasteiger charge is -2.32. The first-order chi connectivity index (χ1) is 8.72. The van der Waals surface area contributed by atoms with Crippen LogP contribution in [0.2, 0.25) is 0 Å². The Kier molecular flexibility index (Phi) is 4.72. The first kappa shape index (κ1) is 13.5. The zero-order valence-corrected chi connectivity index (χ0v) is 10.8. The fourth-order valence-corrected chi connectivity index (χ4v) is 2.92. The molecule has 1 fully saturated rings. The molecule has 18 heavy (non-hydrogen) atoms. The van der Waals surface area contributed by atoms with Crippen LogP contribution in [-0.4, -0.2) is 18.3 Å². The number of hydrogen-bond donors (Lipinski definition) is 1. The van der Waals surface area contributed by atoms with E-state index in [9.17, 15) is 9.50 Å². The van der Waals surface area contributed by atoms with E-state index in [1.165, 1.54) is 31.4 Å². The van der Waals surface area contributed by atoms with Gasteiger partial charge in [-0.3, -0.25) is 0 Å². The molecule has 0 bridgehead atoms. The normalized spacial score (nSPS) is 20.6. The van der Waals surface area contributed by atoms with E-state index in [-0.39, 0.29) is 11.9 Å². The third kappa shape index (κ3) is 3.09. The van der Waals surface area contributed by atoms with Crippen LogP contribution in [0.4, 0.5) is 4.39 Å². The average molecular weight is 252 g/mol. The van der Waals surface area contributed by atoms with E-state index in [1.807, 2.05) is 0 Å². The Morgan fingerprint density at radius 2 is 2.00 bits per heavy atom. The monoisotopic (exact) mass is 252 g/mol. The lowest BCUT2D eigenvalue weighted by Crippen LogP contribution is -2.31. The summed E-state index contributed by atoms with van der Waals surface area (Å²) in [5.41, 5.74) is 0.604. The predicted molar refractivity (Wildman–Crippen MR) is 68.7 cm³/mol. The molecule has 1 aromatic carbocycles. The topological polar surface area (TPSA) is 29.5 Å². The fraction of sp³-hybridized carbons (Fsp3) is 0.600. The van der Waals surface area contributed by atoms with E-state index < -0.39 is 6.10 Å². The van der Waals surface area contributed by atoms with Crippen molar-refractivity contribution in [3.63, 3.8) is 0 Å². The summed E-state index contributed by atoms with van der Waals surface area (Å²) in [4.78, 5) is 0.